The first kappa shape index (κ1) is 4.15. The molecule has 2 radical (unpaired) electrons. The first-order valence-electron chi connectivity index (χ1n) is 0.592. The van der Waals surface area contributed by atoms with E-state index in [-0.39, 0.29) is 7.74 Å². The molecular formula is H4B3O-. The summed E-state index contributed by atoms with van der Waals surface area (Å²) in [7, 11) is 4.81. The van der Waals surface area contributed by atoms with Crippen molar-refractivity contribution in [3.8, 4) is 0 Å². The molecule has 0 rings (SSSR count). The van der Waals surface area contributed by atoms with E-state index >= 15 is 0 Å². The molecule has 0 bridgehead atoms. The van der Waals surface area contributed by atoms with Gasteiger partial charge in [0.25, 0.3) is 0 Å². The van der Waals surface area contributed by atoms with Gasteiger partial charge in [-0.3, -0.25) is 0 Å². The van der Waals surface area contributed by atoms with Crippen LogP contribution in [0.15, 0.2) is 0 Å². The molecule has 1 nitrogen and oxygen atoms in total. The Labute approximate surface area is 28.3 Å². The molecule has 4 heteroatoms. The predicted molar refractivity (Wildman–Crippen MR) is 23.7 cm³/mol. The van der Waals surface area contributed by atoms with E-state index in [9.17, 15) is 0 Å². The molecule has 0 aromatic carbocycles. The molecule has 0 spiro atoms. The topological polar surface area (TPSA) is 20.2 Å². The van der Waals surface area contributed by atoms with Gasteiger partial charge in [0.2, 0.25) is 0 Å². The van der Waals surface area contributed by atoms with Gasteiger partial charge in [0.15, 0.2) is 0 Å². The minimum Gasteiger partial charge on any atom is -0.503 e. The first-order valence-corrected chi connectivity index (χ1v) is 0.592. The smallest absolute Gasteiger partial charge is 0.0577 e. The molecule has 0 amide bonds. The minimum atomic E-state index is -0.417. The molecule has 0 saturated carbocycles. The second-order valence-electron chi connectivity index (χ2n) is 0.149. The van der Waals surface area contributed by atoms with E-state index in [1.807, 2.05) is 0 Å². The quantitative estimate of drug-likeness (QED) is 0.302. The van der Waals surface area contributed by atoms with Gasteiger partial charge in [-0.1, -0.05) is 0 Å². The zero-order valence-corrected chi connectivity index (χ0v) is 1.60. The summed E-state index contributed by atoms with van der Waals surface area (Å²) in [5, 5.41) is 7.94. The van der Waals surface area contributed by atoms with Crippen LogP contribution in [-0.4, -0.2) is 27.2 Å². The fraction of sp³-hybridized carbons (Fsp3) is 0. The molecule has 1 N–H and O–H groups in total. The van der Waals surface area contributed by atoms with Crippen LogP contribution in [-0.2, 0) is 0 Å². The van der Waals surface area contributed by atoms with Crippen LogP contribution < -0.4 is 0 Å². The van der Waals surface area contributed by atoms with Crippen molar-refractivity contribution in [1.29, 1.82) is 0 Å². The summed E-state index contributed by atoms with van der Waals surface area (Å²) >= 11 is 0. The average molecular weight is 52.5 g/mol. The Morgan fingerprint density at radius 1 is 2.00 bits per heavy atom. The zero-order valence-electron chi connectivity index (χ0n) is 1.60. The Hall–Kier alpha value is 0.155. The van der Waals surface area contributed by atoms with Gasteiger partial charge in [-0.05, 0) is 7.74 Å². The van der Waals surface area contributed by atoms with Gasteiger partial charge in [0.1, 0.15) is 0 Å². The standard InChI is InChI=1S/B3H4O/c1-3(2)4/h4H,1H3/q-1. The Morgan fingerprint density at radius 2 is 2.00 bits per heavy atom. The molecule has 0 aliphatic rings. The molecule has 0 heterocycles. The molecular weight excluding hydrogens is 48.4 g/mol. The van der Waals surface area contributed by atoms with Crippen molar-refractivity contribution in [2.24, 2.45) is 0 Å². The molecule has 0 atom stereocenters. The van der Waals surface area contributed by atoms with Gasteiger partial charge >= 0.3 is 0 Å². The maximum absolute atomic E-state index is 7.94. The molecule has 0 saturated heterocycles. The molecule has 0 fully saturated rings. The molecule has 0 aromatic rings. The van der Waals surface area contributed by atoms with E-state index in [1.54, 1.807) is 0 Å². The minimum absolute atomic E-state index is 0.0278. The highest BCUT2D eigenvalue weighted by Crippen LogP contribution is 1.37. The molecule has 20 valence electrons. The summed E-state index contributed by atoms with van der Waals surface area (Å²) in [6, 6.07) is 0. The van der Waals surface area contributed by atoms with E-state index in [0.717, 1.165) is 0 Å². The SMILES string of the molecule is [B]B([BH3-])O. The lowest BCUT2D eigenvalue weighted by Crippen LogP contribution is -2.10. The summed E-state index contributed by atoms with van der Waals surface area (Å²) in [6.07, 6.45) is 0. The van der Waals surface area contributed by atoms with Crippen LogP contribution >= 0.6 is 0 Å². The fourth-order valence-corrected chi connectivity index (χ4v) is 0. The van der Waals surface area contributed by atoms with Crippen LogP contribution in [0.5, 0.6) is 0 Å². The van der Waals surface area contributed by atoms with Gasteiger partial charge in [0.05, 0.1) is 6.70 Å². The predicted octanol–water partition coefficient (Wildman–Crippen LogP) is -2.50. The van der Waals surface area contributed by atoms with Crippen LogP contribution in [0, 0.1) is 0 Å². The third kappa shape index (κ3) is 120. The largest absolute Gasteiger partial charge is 0.503 e. The maximum atomic E-state index is 7.94. The molecule has 4 heavy (non-hydrogen) atoms. The van der Waals surface area contributed by atoms with Crippen LogP contribution in [0.4, 0.5) is 0 Å². The highest BCUT2D eigenvalue weighted by atomic mass is 16.2. The van der Waals surface area contributed by atoms with E-state index in [1.165, 1.54) is 0 Å². The van der Waals surface area contributed by atoms with Crippen LogP contribution in [0.25, 0.3) is 0 Å². The van der Waals surface area contributed by atoms with Crippen molar-refractivity contribution in [1.82, 2.24) is 0 Å². The van der Waals surface area contributed by atoms with Crippen molar-refractivity contribution in [3.05, 3.63) is 0 Å². The number of hydrogen-bond acceptors (Lipinski definition) is 1. The Bertz CT molecular complexity index is 8.00. The summed E-state index contributed by atoms with van der Waals surface area (Å²) in [6.45, 7) is -0.417. The third-order valence-electron chi connectivity index (χ3n) is 0. The van der Waals surface area contributed by atoms with Crippen molar-refractivity contribution in [2.45, 2.75) is 0 Å². The van der Waals surface area contributed by atoms with Crippen LogP contribution in [0.2, 0.25) is 0 Å². The van der Waals surface area contributed by atoms with Crippen LogP contribution in [0.3, 0.4) is 0 Å². The van der Waals surface area contributed by atoms with Crippen molar-refractivity contribution in [3.63, 3.8) is 0 Å². The van der Waals surface area contributed by atoms with E-state index in [0.29, 0.717) is 0 Å². The highest BCUT2D eigenvalue weighted by molar-refractivity contribution is 7.25. The van der Waals surface area contributed by atoms with Gasteiger partial charge in [-0.2, -0.15) is 0 Å². The third-order valence-corrected chi connectivity index (χ3v) is 0. The van der Waals surface area contributed by atoms with E-state index in [2.05, 4.69) is 0 Å². The lowest BCUT2D eigenvalue weighted by molar-refractivity contribution is 0.614. The van der Waals surface area contributed by atoms with Gasteiger partial charge in [0, 0.05) is 7.74 Å². The van der Waals surface area contributed by atoms with Gasteiger partial charge in [-0.25, -0.2) is 0 Å². The van der Waals surface area contributed by atoms with Gasteiger partial charge < -0.3 is 5.02 Å². The summed E-state index contributed by atoms with van der Waals surface area (Å²) in [4.78, 5) is 0. The van der Waals surface area contributed by atoms with Crippen molar-refractivity contribution >= 4 is 22.2 Å². The Balaban J connectivity index is 2.32. The lowest BCUT2D eigenvalue weighted by atomic mass is 9.32. The second-order valence-corrected chi connectivity index (χ2v) is 0.149. The van der Waals surface area contributed by atoms with Crippen LogP contribution in [0.1, 0.15) is 0 Å². The van der Waals surface area contributed by atoms with E-state index in [4.69, 9.17) is 12.8 Å². The summed E-state index contributed by atoms with van der Waals surface area (Å²) in [5.74, 6) is 0. The molecule has 0 aliphatic carbocycles. The maximum Gasteiger partial charge on any atom is 0.0577 e. The normalized spacial score (nSPS) is 6.50. The summed E-state index contributed by atoms with van der Waals surface area (Å²) in [5.41, 5.74) is 0. The highest BCUT2D eigenvalue weighted by Gasteiger charge is 1.69. The molecule has 0 unspecified atom stereocenters. The molecule has 0 aromatic heterocycles. The first-order chi connectivity index (χ1) is 1.73. The van der Waals surface area contributed by atoms with Gasteiger partial charge in [-0.15, -0.1) is 0 Å². The monoisotopic (exact) mass is 53.1 g/mol. The van der Waals surface area contributed by atoms with Crippen molar-refractivity contribution in [2.75, 3.05) is 0 Å². The zero-order chi connectivity index (χ0) is 3.58. The lowest BCUT2D eigenvalue weighted by Gasteiger charge is -1.81. The number of hydrogen-bond donors (Lipinski definition) is 1. The fourth-order valence-electron chi connectivity index (χ4n) is 0. The number of rotatable bonds is 0. The average Bonchev–Trinajstić information content (AvgIpc) is 0.811. The summed E-state index contributed by atoms with van der Waals surface area (Å²) < 4.78 is 0. The second kappa shape index (κ2) is 1.47. The Kier molecular flexibility index (Phi) is 1.53. The Morgan fingerprint density at radius 3 is 2.00 bits per heavy atom. The molecule has 0 aliphatic heterocycles. The van der Waals surface area contributed by atoms with E-state index < -0.39 is 6.70 Å². The van der Waals surface area contributed by atoms with Crippen molar-refractivity contribution < 1.29 is 5.02 Å².